The zero-order valence-electron chi connectivity index (χ0n) is 15.5. The summed E-state index contributed by atoms with van der Waals surface area (Å²) in [7, 11) is -5.71. The largest absolute Gasteiger partial charge is 0.229 e. The highest BCUT2D eigenvalue weighted by Crippen LogP contribution is 2.22. The molecule has 0 aliphatic rings. The lowest BCUT2D eigenvalue weighted by Gasteiger charge is -2.16. The molecule has 0 amide bonds. The van der Waals surface area contributed by atoms with Crippen molar-refractivity contribution in [2.45, 2.75) is 43.0 Å². The number of rotatable bonds is 5. The molecule has 0 saturated heterocycles. The van der Waals surface area contributed by atoms with E-state index in [2.05, 4.69) is 30.0 Å². The summed E-state index contributed by atoms with van der Waals surface area (Å²) in [5, 5.41) is 9.34. The lowest BCUT2D eigenvalue weighted by atomic mass is 10.2. The highest BCUT2D eigenvalue weighted by molar-refractivity contribution is 7.91. The minimum absolute atomic E-state index is 0.226. The minimum Gasteiger partial charge on any atom is -0.229 e. The Kier molecular flexibility index (Phi) is 4.85. The van der Waals surface area contributed by atoms with Crippen LogP contribution in [0.4, 0.5) is 0 Å². The molecule has 1 aromatic heterocycles. The fourth-order valence-electron chi connectivity index (χ4n) is 2.73. The van der Waals surface area contributed by atoms with Crippen LogP contribution < -0.4 is 5.32 Å². The Morgan fingerprint density at radius 1 is 0.962 bits per heavy atom. The van der Waals surface area contributed by atoms with E-state index < -0.39 is 17.9 Å². The number of nitrogens with zero attached hydrogens (tertiary/aromatic N) is 3. The maximum atomic E-state index is 13.4. The molecular weight excluding hydrogens is 362 g/mol. The van der Waals surface area contributed by atoms with Crippen LogP contribution in [0.5, 0.6) is 0 Å². The lowest BCUT2D eigenvalue weighted by Crippen LogP contribution is -2.42. The van der Waals surface area contributed by atoms with E-state index in [4.69, 9.17) is 0 Å². The van der Waals surface area contributed by atoms with Gasteiger partial charge in [-0.1, -0.05) is 72.9 Å². The van der Waals surface area contributed by atoms with Crippen molar-refractivity contribution in [1.29, 1.82) is 0 Å². The molecular formula is C19H23N3O2SSi. The van der Waals surface area contributed by atoms with Gasteiger partial charge in [0.1, 0.15) is 8.07 Å². The van der Waals surface area contributed by atoms with Crippen LogP contribution in [0.3, 0.4) is 0 Å². The van der Waals surface area contributed by atoms with Gasteiger partial charge in [0, 0.05) is 0 Å². The standard InChI is InChI=1S/C19H23N3O2SSi/c1-15-10-12-17(13-11-15)25(23,24)19-18(26(2,3)4)20-21-22(19)14-16-8-6-5-7-9-16/h5-13H,14H2,1-4H3. The first kappa shape index (κ1) is 18.5. The van der Waals surface area contributed by atoms with Crippen LogP contribution in [0.1, 0.15) is 11.1 Å². The van der Waals surface area contributed by atoms with Crippen molar-refractivity contribution in [3.8, 4) is 0 Å². The minimum atomic E-state index is -3.70. The number of hydrogen-bond acceptors (Lipinski definition) is 4. The first-order valence-electron chi connectivity index (χ1n) is 8.49. The van der Waals surface area contributed by atoms with Crippen LogP contribution in [0.15, 0.2) is 64.5 Å². The molecule has 3 aromatic rings. The van der Waals surface area contributed by atoms with E-state index in [9.17, 15) is 8.42 Å². The van der Waals surface area contributed by atoms with Crippen LogP contribution in [-0.4, -0.2) is 31.5 Å². The van der Waals surface area contributed by atoms with Gasteiger partial charge in [0.05, 0.1) is 16.8 Å². The Labute approximate surface area is 155 Å². The van der Waals surface area contributed by atoms with Crippen molar-refractivity contribution in [2.24, 2.45) is 0 Å². The molecule has 0 N–H and O–H groups in total. The van der Waals surface area contributed by atoms with E-state index in [1.54, 1.807) is 12.1 Å². The molecule has 1 heterocycles. The Morgan fingerprint density at radius 2 is 1.58 bits per heavy atom. The summed E-state index contributed by atoms with van der Waals surface area (Å²) in [5.41, 5.74) is 2.00. The number of hydrogen-bond donors (Lipinski definition) is 0. The Balaban J connectivity index is 2.17. The van der Waals surface area contributed by atoms with Gasteiger partial charge >= 0.3 is 0 Å². The smallest absolute Gasteiger partial charge is 0.225 e. The summed E-state index contributed by atoms with van der Waals surface area (Å²) >= 11 is 0. The average molecular weight is 386 g/mol. The van der Waals surface area contributed by atoms with Gasteiger partial charge in [0.25, 0.3) is 0 Å². The molecule has 0 aliphatic carbocycles. The molecule has 136 valence electrons. The van der Waals surface area contributed by atoms with Crippen molar-refractivity contribution in [1.82, 2.24) is 15.0 Å². The van der Waals surface area contributed by atoms with Gasteiger partial charge in [-0.3, -0.25) is 0 Å². The Morgan fingerprint density at radius 3 is 2.15 bits per heavy atom. The van der Waals surface area contributed by atoms with Crippen LogP contribution in [0.2, 0.25) is 19.6 Å². The fourth-order valence-corrected chi connectivity index (χ4v) is 6.56. The van der Waals surface area contributed by atoms with Gasteiger partial charge in [-0.15, -0.1) is 5.10 Å². The number of aryl methyl sites for hydroxylation is 1. The third-order valence-electron chi connectivity index (χ3n) is 4.16. The van der Waals surface area contributed by atoms with E-state index in [1.807, 2.05) is 49.4 Å². The maximum Gasteiger partial charge on any atom is 0.225 e. The predicted octanol–water partition coefficient (Wildman–Crippen LogP) is 3.01. The third-order valence-corrected chi connectivity index (χ3v) is 7.91. The monoisotopic (exact) mass is 385 g/mol. The van der Waals surface area contributed by atoms with Crippen LogP contribution >= 0.6 is 0 Å². The molecule has 0 unspecified atom stereocenters. The molecule has 0 bridgehead atoms. The van der Waals surface area contributed by atoms with Crippen molar-refractivity contribution in [2.75, 3.05) is 0 Å². The van der Waals surface area contributed by atoms with E-state index in [0.717, 1.165) is 11.1 Å². The Hall–Kier alpha value is -2.25. The fraction of sp³-hybridized carbons (Fsp3) is 0.263. The summed E-state index contributed by atoms with van der Waals surface area (Å²) in [4.78, 5) is 0.277. The quantitative estimate of drug-likeness (QED) is 0.633. The molecule has 0 saturated carbocycles. The highest BCUT2D eigenvalue weighted by atomic mass is 32.2. The van der Waals surface area contributed by atoms with Gasteiger partial charge < -0.3 is 0 Å². The molecule has 2 aromatic carbocycles. The summed E-state index contributed by atoms with van der Waals surface area (Å²) in [6.07, 6.45) is 0. The average Bonchev–Trinajstić information content (AvgIpc) is 3.01. The molecule has 0 spiro atoms. The number of benzene rings is 2. The van der Waals surface area contributed by atoms with Gasteiger partial charge in [-0.2, -0.15) is 0 Å². The molecule has 5 nitrogen and oxygen atoms in total. The lowest BCUT2D eigenvalue weighted by molar-refractivity contribution is 0.557. The summed E-state index contributed by atoms with van der Waals surface area (Å²) in [6, 6.07) is 16.6. The summed E-state index contributed by atoms with van der Waals surface area (Å²) in [6.45, 7) is 8.55. The summed E-state index contributed by atoms with van der Waals surface area (Å²) in [5.74, 6) is 0. The molecule has 0 fully saturated rings. The topological polar surface area (TPSA) is 64.8 Å². The second kappa shape index (κ2) is 6.81. The first-order chi connectivity index (χ1) is 12.2. The van der Waals surface area contributed by atoms with Crippen molar-refractivity contribution in [3.63, 3.8) is 0 Å². The zero-order valence-corrected chi connectivity index (χ0v) is 17.3. The Bertz CT molecular complexity index is 1010. The molecule has 0 atom stereocenters. The van der Waals surface area contributed by atoms with E-state index in [0.29, 0.717) is 11.9 Å². The van der Waals surface area contributed by atoms with Gasteiger partial charge in [-0.25, -0.2) is 13.1 Å². The predicted molar refractivity (Wildman–Crippen MR) is 105 cm³/mol. The van der Waals surface area contributed by atoms with Gasteiger partial charge in [-0.05, 0) is 24.6 Å². The molecule has 7 heteroatoms. The second-order valence-corrected chi connectivity index (χ2v) is 14.3. The molecule has 0 aliphatic heterocycles. The number of sulfone groups is 1. The SMILES string of the molecule is Cc1ccc(S(=O)(=O)c2c([Si](C)(C)C)nnn2Cc2ccccc2)cc1. The molecule has 26 heavy (non-hydrogen) atoms. The van der Waals surface area contributed by atoms with E-state index in [1.165, 1.54) is 4.68 Å². The van der Waals surface area contributed by atoms with Crippen LogP contribution in [-0.2, 0) is 16.4 Å². The maximum absolute atomic E-state index is 13.4. The van der Waals surface area contributed by atoms with E-state index >= 15 is 0 Å². The van der Waals surface area contributed by atoms with Crippen molar-refractivity contribution in [3.05, 3.63) is 65.7 Å². The molecule has 0 radical (unpaired) electrons. The zero-order chi connectivity index (χ0) is 18.9. The first-order valence-corrected chi connectivity index (χ1v) is 13.5. The normalized spacial score (nSPS) is 12.3. The third kappa shape index (κ3) is 3.63. The van der Waals surface area contributed by atoms with Crippen LogP contribution in [0.25, 0.3) is 0 Å². The van der Waals surface area contributed by atoms with Gasteiger partial charge in [0.15, 0.2) is 5.03 Å². The second-order valence-electron chi connectivity index (χ2n) is 7.45. The number of aromatic nitrogens is 3. The molecule has 3 rings (SSSR count). The van der Waals surface area contributed by atoms with Crippen molar-refractivity contribution >= 4 is 23.2 Å². The van der Waals surface area contributed by atoms with Crippen molar-refractivity contribution < 1.29 is 8.42 Å². The summed E-state index contributed by atoms with van der Waals surface area (Å²) < 4.78 is 28.3. The van der Waals surface area contributed by atoms with Gasteiger partial charge in [0.2, 0.25) is 9.84 Å². The van der Waals surface area contributed by atoms with Crippen LogP contribution in [0, 0.1) is 6.92 Å². The van der Waals surface area contributed by atoms with E-state index in [-0.39, 0.29) is 9.92 Å². The highest BCUT2D eigenvalue weighted by Gasteiger charge is 2.34.